The Morgan fingerprint density at radius 2 is 2.11 bits per heavy atom. The molecule has 19 heavy (non-hydrogen) atoms. The third kappa shape index (κ3) is 2.37. The van der Waals surface area contributed by atoms with Gasteiger partial charge < -0.3 is 10.3 Å². The van der Waals surface area contributed by atoms with Gasteiger partial charge in [0.15, 0.2) is 0 Å². The van der Waals surface area contributed by atoms with E-state index in [1.807, 2.05) is 18.2 Å². The maximum absolute atomic E-state index is 6.12. The summed E-state index contributed by atoms with van der Waals surface area (Å²) in [5, 5.41) is 0.742. The monoisotopic (exact) mass is 279 g/mol. The molecule has 0 saturated carbocycles. The van der Waals surface area contributed by atoms with E-state index in [2.05, 4.69) is 32.3 Å². The van der Waals surface area contributed by atoms with Gasteiger partial charge in [-0.3, -0.25) is 0 Å². The van der Waals surface area contributed by atoms with Gasteiger partial charge in [0.25, 0.3) is 0 Å². The Kier molecular flexibility index (Phi) is 3.88. The van der Waals surface area contributed by atoms with Crippen LogP contribution in [0.1, 0.15) is 46.0 Å². The Morgan fingerprint density at radius 1 is 1.42 bits per heavy atom. The molecule has 1 atom stereocenters. The summed E-state index contributed by atoms with van der Waals surface area (Å²) in [6, 6.07) is 6.18. The highest BCUT2D eigenvalue weighted by molar-refractivity contribution is 6.31. The van der Waals surface area contributed by atoms with Crippen molar-refractivity contribution >= 4 is 22.6 Å². The third-order valence-electron chi connectivity index (χ3n) is 3.94. The van der Waals surface area contributed by atoms with Crippen LogP contribution in [0.5, 0.6) is 0 Å². The zero-order chi connectivity index (χ0) is 14.2. The summed E-state index contributed by atoms with van der Waals surface area (Å²) in [4.78, 5) is 4.81. The number of fused-ring (bicyclic) bond motifs is 1. The molecule has 4 heteroatoms. The molecule has 0 saturated heterocycles. The number of hydrogen-bond acceptors (Lipinski definition) is 2. The summed E-state index contributed by atoms with van der Waals surface area (Å²) in [7, 11) is 0. The molecule has 0 aliphatic carbocycles. The fourth-order valence-corrected chi connectivity index (χ4v) is 2.57. The first-order valence-electron chi connectivity index (χ1n) is 6.81. The van der Waals surface area contributed by atoms with E-state index in [0.717, 1.165) is 28.3 Å². The van der Waals surface area contributed by atoms with E-state index in [-0.39, 0.29) is 5.41 Å². The normalized spacial score (nSPS) is 15.1. The molecule has 2 rings (SSSR count). The van der Waals surface area contributed by atoms with E-state index in [1.54, 1.807) is 0 Å². The standard InChI is InChI=1S/C15H22ClN3/c1-5-15(4,9-17)14-18-12-7-6-11(16)8-13(12)19(14)10(2)3/h6-8,10H,5,9,17H2,1-4H3. The summed E-state index contributed by atoms with van der Waals surface area (Å²) in [5.74, 6) is 1.06. The van der Waals surface area contributed by atoms with Crippen molar-refractivity contribution in [2.75, 3.05) is 6.54 Å². The highest BCUT2D eigenvalue weighted by atomic mass is 35.5. The third-order valence-corrected chi connectivity index (χ3v) is 4.17. The van der Waals surface area contributed by atoms with Crippen LogP contribution in [0.3, 0.4) is 0 Å². The van der Waals surface area contributed by atoms with Crippen molar-refractivity contribution in [2.24, 2.45) is 5.73 Å². The average Bonchev–Trinajstić information content (AvgIpc) is 2.76. The Bertz CT molecular complexity index is 582. The minimum atomic E-state index is -0.101. The van der Waals surface area contributed by atoms with E-state index in [9.17, 15) is 0 Å². The molecule has 0 spiro atoms. The molecule has 2 N–H and O–H groups in total. The van der Waals surface area contributed by atoms with E-state index in [1.165, 1.54) is 0 Å². The number of hydrogen-bond donors (Lipinski definition) is 1. The van der Waals surface area contributed by atoms with Crippen LogP contribution in [0.15, 0.2) is 18.2 Å². The lowest BCUT2D eigenvalue weighted by Gasteiger charge is -2.28. The molecular formula is C15H22ClN3. The SMILES string of the molecule is CCC(C)(CN)c1nc2ccc(Cl)cc2n1C(C)C. The number of benzene rings is 1. The zero-order valence-corrected chi connectivity index (χ0v) is 12.8. The van der Waals surface area contributed by atoms with Gasteiger partial charge in [0.1, 0.15) is 5.82 Å². The van der Waals surface area contributed by atoms with Crippen LogP contribution < -0.4 is 5.73 Å². The first kappa shape index (κ1) is 14.4. The van der Waals surface area contributed by atoms with Gasteiger partial charge in [-0.05, 0) is 38.5 Å². The molecule has 2 aromatic rings. The smallest absolute Gasteiger partial charge is 0.117 e. The molecule has 1 aromatic carbocycles. The number of aromatic nitrogens is 2. The van der Waals surface area contributed by atoms with Crippen molar-refractivity contribution in [3.05, 3.63) is 29.0 Å². The lowest BCUT2D eigenvalue weighted by atomic mass is 9.86. The van der Waals surface area contributed by atoms with Crippen molar-refractivity contribution in [3.8, 4) is 0 Å². The molecule has 0 aliphatic heterocycles. The quantitative estimate of drug-likeness (QED) is 0.922. The first-order chi connectivity index (χ1) is 8.92. The predicted molar refractivity (Wildman–Crippen MR) is 81.8 cm³/mol. The molecule has 1 heterocycles. The van der Waals surface area contributed by atoms with E-state index >= 15 is 0 Å². The lowest BCUT2D eigenvalue weighted by molar-refractivity contribution is 0.405. The largest absolute Gasteiger partial charge is 0.329 e. The van der Waals surface area contributed by atoms with Crippen molar-refractivity contribution in [1.82, 2.24) is 9.55 Å². The van der Waals surface area contributed by atoms with Gasteiger partial charge >= 0.3 is 0 Å². The summed E-state index contributed by atoms with van der Waals surface area (Å²) in [6.45, 7) is 9.25. The van der Waals surface area contributed by atoms with E-state index < -0.39 is 0 Å². The number of rotatable bonds is 4. The molecule has 0 aliphatic rings. The average molecular weight is 280 g/mol. The number of nitrogens with zero attached hydrogens (tertiary/aromatic N) is 2. The molecule has 0 amide bonds. The minimum absolute atomic E-state index is 0.101. The Hall–Kier alpha value is -1.06. The molecular weight excluding hydrogens is 258 g/mol. The van der Waals surface area contributed by atoms with Gasteiger partial charge in [-0.1, -0.05) is 25.4 Å². The van der Waals surface area contributed by atoms with Crippen molar-refractivity contribution in [2.45, 2.75) is 45.6 Å². The summed E-state index contributed by atoms with van der Waals surface area (Å²) >= 11 is 6.12. The second-order valence-corrected chi connectivity index (χ2v) is 6.09. The summed E-state index contributed by atoms with van der Waals surface area (Å²) in [5.41, 5.74) is 7.97. The van der Waals surface area contributed by atoms with Crippen molar-refractivity contribution in [3.63, 3.8) is 0 Å². The molecule has 1 aromatic heterocycles. The molecule has 104 valence electrons. The van der Waals surface area contributed by atoms with Crippen LogP contribution in [-0.2, 0) is 5.41 Å². The van der Waals surface area contributed by atoms with E-state index in [0.29, 0.717) is 12.6 Å². The van der Waals surface area contributed by atoms with Crippen LogP contribution in [-0.4, -0.2) is 16.1 Å². The second kappa shape index (κ2) is 5.14. The Labute approximate surface area is 119 Å². The van der Waals surface area contributed by atoms with Crippen LogP contribution in [0, 0.1) is 0 Å². The number of halogens is 1. The predicted octanol–water partition coefficient (Wildman–Crippen LogP) is 3.90. The number of nitrogens with two attached hydrogens (primary N) is 1. The molecule has 0 fully saturated rings. The van der Waals surface area contributed by atoms with Gasteiger partial charge in [-0.2, -0.15) is 0 Å². The number of imidazole rings is 1. The fraction of sp³-hybridized carbons (Fsp3) is 0.533. The molecule has 0 bridgehead atoms. The topological polar surface area (TPSA) is 43.8 Å². The highest BCUT2D eigenvalue weighted by Gasteiger charge is 2.30. The fourth-order valence-electron chi connectivity index (χ4n) is 2.41. The maximum Gasteiger partial charge on any atom is 0.117 e. The van der Waals surface area contributed by atoms with Gasteiger partial charge in [0.2, 0.25) is 0 Å². The van der Waals surface area contributed by atoms with Gasteiger partial charge in [-0.25, -0.2) is 4.98 Å². The maximum atomic E-state index is 6.12. The lowest BCUT2D eigenvalue weighted by Crippen LogP contribution is -2.34. The minimum Gasteiger partial charge on any atom is -0.329 e. The molecule has 0 radical (unpaired) electrons. The Balaban J connectivity index is 2.77. The van der Waals surface area contributed by atoms with Gasteiger partial charge in [-0.15, -0.1) is 0 Å². The van der Waals surface area contributed by atoms with Crippen LogP contribution in [0.4, 0.5) is 0 Å². The summed E-state index contributed by atoms with van der Waals surface area (Å²) < 4.78 is 2.26. The van der Waals surface area contributed by atoms with Gasteiger partial charge in [0.05, 0.1) is 11.0 Å². The Morgan fingerprint density at radius 3 is 2.63 bits per heavy atom. The van der Waals surface area contributed by atoms with Crippen LogP contribution >= 0.6 is 11.6 Å². The van der Waals surface area contributed by atoms with Crippen LogP contribution in [0.25, 0.3) is 11.0 Å². The highest BCUT2D eigenvalue weighted by Crippen LogP contribution is 2.32. The van der Waals surface area contributed by atoms with E-state index in [4.69, 9.17) is 22.3 Å². The first-order valence-corrected chi connectivity index (χ1v) is 7.18. The van der Waals surface area contributed by atoms with Crippen LogP contribution in [0.2, 0.25) is 5.02 Å². The van der Waals surface area contributed by atoms with Crippen molar-refractivity contribution < 1.29 is 0 Å². The summed E-state index contributed by atoms with van der Waals surface area (Å²) in [6.07, 6.45) is 0.966. The van der Waals surface area contributed by atoms with Crippen molar-refractivity contribution in [1.29, 1.82) is 0 Å². The molecule has 1 unspecified atom stereocenters. The second-order valence-electron chi connectivity index (χ2n) is 5.65. The molecule has 3 nitrogen and oxygen atoms in total. The van der Waals surface area contributed by atoms with Gasteiger partial charge in [0, 0.05) is 23.0 Å². The zero-order valence-electron chi connectivity index (χ0n) is 12.1.